The normalized spacial score (nSPS) is 16.8. The van der Waals surface area contributed by atoms with E-state index in [0.717, 1.165) is 5.56 Å². The second kappa shape index (κ2) is 6.70. The molecule has 1 atom stereocenters. The van der Waals surface area contributed by atoms with E-state index in [-0.39, 0.29) is 5.91 Å². The predicted molar refractivity (Wildman–Crippen MR) is 89.1 cm³/mol. The summed E-state index contributed by atoms with van der Waals surface area (Å²) in [4.78, 5) is 31.0. The molecule has 7 heteroatoms. The summed E-state index contributed by atoms with van der Waals surface area (Å²) in [5.41, 5.74) is 2.28. The molecule has 2 aromatic rings. The lowest BCUT2D eigenvalue weighted by molar-refractivity contribution is -0.143. The van der Waals surface area contributed by atoms with Crippen molar-refractivity contribution in [2.24, 2.45) is 0 Å². The number of thiazole rings is 1. The highest BCUT2D eigenvalue weighted by molar-refractivity contribution is 7.13. The molecule has 0 radical (unpaired) electrons. The van der Waals surface area contributed by atoms with Crippen LogP contribution in [0.25, 0.3) is 0 Å². The Bertz CT molecular complexity index is 787. The molecule has 3 rings (SSSR count). The van der Waals surface area contributed by atoms with Gasteiger partial charge in [-0.1, -0.05) is 24.3 Å². The number of carbonyl (C=O) groups excluding carboxylic acids is 1. The second-order valence-corrected chi connectivity index (χ2v) is 6.73. The monoisotopic (exact) mass is 346 g/mol. The molecule has 1 aliphatic rings. The largest absolute Gasteiger partial charge is 0.479 e. The van der Waals surface area contributed by atoms with Crippen LogP contribution in [-0.4, -0.2) is 40.5 Å². The highest BCUT2D eigenvalue weighted by Gasteiger charge is 2.37. The number of rotatable bonds is 4. The number of aromatic nitrogens is 1. The van der Waals surface area contributed by atoms with Gasteiger partial charge in [-0.3, -0.25) is 4.79 Å². The maximum atomic E-state index is 13.0. The van der Waals surface area contributed by atoms with Crippen LogP contribution in [0.3, 0.4) is 0 Å². The Kier molecular flexibility index (Phi) is 4.64. The number of ether oxygens (including phenoxy) is 1. The SMILES string of the molecule is COCc1nc(C)c(C(=O)N2CCc3ccccc3C2C(=O)O)s1. The van der Waals surface area contributed by atoms with Gasteiger partial charge in [0, 0.05) is 13.7 Å². The topological polar surface area (TPSA) is 79.7 Å². The van der Waals surface area contributed by atoms with Gasteiger partial charge in [-0.15, -0.1) is 11.3 Å². The minimum absolute atomic E-state index is 0.283. The molecule has 0 bridgehead atoms. The number of hydrogen-bond acceptors (Lipinski definition) is 5. The van der Waals surface area contributed by atoms with E-state index < -0.39 is 12.0 Å². The number of benzene rings is 1. The van der Waals surface area contributed by atoms with Crippen LogP contribution >= 0.6 is 11.3 Å². The Morgan fingerprint density at radius 2 is 2.17 bits per heavy atom. The maximum absolute atomic E-state index is 13.0. The summed E-state index contributed by atoms with van der Waals surface area (Å²) < 4.78 is 5.06. The first-order valence-electron chi connectivity index (χ1n) is 7.59. The molecule has 0 fully saturated rings. The number of aryl methyl sites for hydroxylation is 1. The van der Waals surface area contributed by atoms with E-state index in [4.69, 9.17) is 4.74 Å². The summed E-state index contributed by atoms with van der Waals surface area (Å²) in [5.74, 6) is -1.30. The molecule has 0 saturated heterocycles. The molecular formula is C17H18N2O4S. The van der Waals surface area contributed by atoms with Crippen LogP contribution in [0.15, 0.2) is 24.3 Å². The summed E-state index contributed by atoms with van der Waals surface area (Å²) in [6.45, 7) is 2.48. The van der Waals surface area contributed by atoms with Crippen molar-refractivity contribution in [1.82, 2.24) is 9.88 Å². The lowest BCUT2D eigenvalue weighted by Crippen LogP contribution is -2.43. The third-order valence-corrected chi connectivity index (χ3v) is 5.20. The van der Waals surface area contributed by atoms with Gasteiger partial charge in [0.1, 0.15) is 9.88 Å². The van der Waals surface area contributed by atoms with Crippen molar-refractivity contribution in [3.8, 4) is 0 Å². The third kappa shape index (κ3) is 2.92. The first-order chi connectivity index (χ1) is 11.5. The summed E-state index contributed by atoms with van der Waals surface area (Å²) in [6.07, 6.45) is 0.647. The average molecular weight is 346 g/mol. The summed E-state index contributed by atoms with van der Waals surface area (Å²) in [6, 6.07) is 6.43. The Morgan fingerprint density at radius 1 is 1.42 bits per heavy atom. The number of carbonyl (C=O) groups is 2. The molecule has 24 heavy (non-hydrogen) atoms. The third-order valence-electron chi connectivity index (χ3n) is 4.08. The van der Waals surface area contributed by atoms with Crippen molar-refractivity contribution >= 4 is 23.2 Å². The van der Waals surface area contributed by atoms with Crippen molar-refractivity contribution in [3.05, 3.63) is 51.0 Å². The van der Waals surface area contributed by atoms with Gasteiger partial charge in [0.05, 0.1) is 12.3 Å². The van der Waals surface area contributed by atoms with Crippen LogP contribution in [0, 0.1) is 6.92 Å². The molecule has 1 amide bonds. The van der Waals surface area contributed by atoms with Crippen LogP contribution < -0.4 is 0 Å². The Labute approximate surface area is 143 Å². The van der Waals surface area contributed by atoms with Crippen LogP contribution in [0.4, 0.5) is 0 Å². The molecule has 126 valence electrons. The minimum Gasteiger partial charge on any atom is -0.479 e. The molecule has 6 nitrogen and oxygen atoms in total. The highest BCUT2D eigenvalue weighted by Crippen LogP contribution is 2.32. The number of fused-ring (bicyclic) bond motifs is 1. The van der Waals surface area contributed by atoms with Crippen molar-refractivity contribution in [2.45, 2.75) is 26.0 Å². The van der Waals surface area contributed by atoms with E-state index in [0.29, 0.717) is 40.7 Å². The van der Waals surface area contributed by atoms with E-state index in [1.165, 1.54) is 16.2 Å². The summed E-state index contributed by atoms with van der Waals surface area (Å²) in [5, 5.41) is 10.4. The van der Waals surface area contributed by atoms with E-state index in [9.17, 15) is 14.7 Å². The molecule has 0 saturated carbocycles. The molecule has 1 aromatic carbocycles. The summed E-state index contributed by atoms with van der Waals surface area (Å²) >= 11 is 1.26. The molecule has 0 aliphatic carbocycles. The zero-order valence-electron chi connectivity index (χ0n) is 13.5. The van der Waals surface area contributed by atoms with Crippen LogP contribution in [0.2, 0.25) is 0 Å². The van der Waals surface area contributed by atoms with E-state index in [1.54, 1.807) is 26.2 Å². The lowest BCUT2D eigenvalue weighted by atomic mass is 9.92. The standard InChI is InChI=1S/C17H18N2O4S/c1-10-15(24-13(18-10)9-23-2)16(20)19-8-7-11-5-3-4-6-12(11)14(19)17(21)22/h3-6,14H,7-9H2,1-2H3,(H,21,22). The Morgan fingerprint density at radius 3 is 2.88 bits per heavy atom. The first-order valence-corrected chi connectivity index (χ1v) is 8.41. The smallest absolute Gasteiger partial charge is 0.331 e. The van der Waals surface area contributed by atoms with Gasteiger partial charge >= 0.3 is 5.97 Å². The second-order valence-electron chi connectivity index (χ2n) is 5.64. The lowest BCUT2D eigenvalue weighted by Gasteiger charge is -2.34. The molecule has 1 N–H and O–H groups in total. The number of methoxy groups -OCH3 is 1. The highest BCUT2D eigenvalue weighted by atomic mass is 32.1. The van der Waals surface area contributed by atoms with Crippen LogP contribution in [0.5, 0.6) is 0 Å². The van der Waals surface area contributed by atoms with Gasteiger partial charge in [0.25, 0.3) is 5.91 Å². The number of carboxylic acids is 1. The molecule has 1 aliphatic heterocycles. The van der Waals surface area contributed by atoms with E-state index >= 15 is 0 Å². The Hall–Kier alpha value is -2.25. The fraction of sp³-hybridized carbons (Fsp3) is 0.353. The minimum atomic E-state index is -1.02. The summed E-state index contributed by atoms with van der Waals surface area (Å²) in [7, 11) is 1.57. The van der Waals surface area contributed by atoms with Gasteiger partial charge in [-0.25, -0.2) is 9.78 Å². The van der Waals surface area contributed by atoms with Gasteiger partial charge in [0.2, 0.25) is 0 Å². The van der Waals surface area contributed by atoms with Crippen molar-refractivity contribution in [3.63, 3.8) is 0 Å². The number of nitrogens with zero attached hydrogens (tertiary/aromatic N) is 2. The number of aliphatic carboxylic acids is 1. The Balaban J connectivity index is 1.96. The zero-order chi connectivity index (χ0) is 17.3. The van der Waals surface area contributed by atoms with E-state index in [2.05, 4.69) is 4.98 Å². The van der Waals surface area contributed by atoms with Crippen molar-refractivity contribution in [1.29, 1.82) is 0 Å². The predicted octanol–water partition coefficient (Wildman–Crippen LogP) is 2.42. The molecule has 1 unspecified atom stereocenters. The number of amides is 1. The van der Waals surface area contributed by atoms with Gasteiger partial charge in [-0.05, 0) is 24.5 Å². The first kappa shape index (κ1) is 16.6. The van der Waals surface area contributed by atoms with Gasteiger partial charge in [-0.2, -0.15) is 0 Å². The molecule has 2 heterocycles. The number of carboxylic acid groups (broad SMARTS) is 1. The van der Waals surface area contributed by atoms with Gasteiger partial charge < -0.3 is 14.7 Å². The molecule has 1 aromatic heterocycles. The van der Waals surface area contributed by atoms with Crippen LogP contribution in [0.1, 0.15) is 37.5 Å². The van der Waals surface area contributed by atoms with Gasteiger partial charge in [0.15, 0.2) is 6.04 Å². The van der Waals surface area contributed by atoms with Crippen LogP contribution in [-0.2, 0) is 22.6 Å². The fourth-order valence-corrected chi connectivity index (χ4v) is 4.01. The average Bonchev–Trinajstić information content (AvgIpc) is 2.93. The van der Waals surface area contributed by atoms with E-state index in [1.807, 2.05) is 12.1 Å². The fourth-order valence-electron chi connectivity index (χ4n) is 3.02. The number of hydrogen-bond donors (Lipinski definition) is 1. The zero-order valence-corrected chi connectivity index (χ0v) is 14.3. The quantitative estimate of drug-likeness (QED) is 0.920. The van der Waals surface area contributed by atoms with Crippen molar-refractivity contribution < 1.29 is 19.4 Å². The molecular weight excluding hydrogens is 328 g/mol. The van der Waals surface area contributed by atoms with Crippen molar-refractivity contribution in [2.75, 3.05) is 13.7 Å². The maximum Gasteiger partial charge on any atom is 0.331 e. The molecule has 0 spiro atoms.